The summed E-state index contributed by atoms with van der Waals surface area (Å²) in [5, 5.41) is 2.99. The van der Waals surface area contributed by atoms with E-state index in [2.05, 4.69) is 21.2 Å². The van der Waals surface area contributed by atoms with Gasteiger partial charge in [0, 0.05) is 12.5 Å². The number of nitrogens with one attached hydrogen (secondary N) is 1. The van der Waals surface area contributed by atoms with Gasteiger partial charge in [-0.05, 0) is 68.1 Å². The maximum absolute atomic E-state index is 12.0. The first kappa shape index (κ1) is 19.9. The number of carbonyl (C=O) groups is 1. The van der Waals surface area contributed by atoms with E-state index in [0.29, 0.717) is 0 Å². The molecule has 1 aliphatic carbocycles. The minimum Gasteiger partial charge on any atom is -0.495 e. The third-order valence-corrected chi connectivity index (χ3v) is 4.82. The van der Waals surface area contributed by atoms with E-state index in [9.17, 15) is 4.79 Å². The van der Waals surface area contributed by atoms with Gasteiger partial charge in [0.05, 0.1) is 7.11 Å². The van der Waals surface area contributed by atoms with Crippen LogP contribution in [0.2, 0.25) is 0 Å². The molecule has 0 bridgehead atoms. The molecule has 0 aliphatic heterocycles. The molecule has 1 aromatic carbocycles. The summed E-state index contributed by atoms with van der Waals surface area (Å²) in [6, 6.07) is 5.78. The maximum atomic E-state index is 12.0. The second-order valence-corrected chi connectivity index (χ2v) is 8.17. The van der Waals surface area contributed by atoms with E-state index >= 15 is 0 Å². The molecule has 2 atom stereocenters. The second-order valence-electron chi connectivity index (χ2n) is 7.38. The Kier molecular flexibility index (Phi) is 6.99. The van der Waals surface area contributed by atoms with Gasteiger partial charge < -0.3 is 19.5 Å². The third kappa shape index (κ3) is 6.42. The first-order chi connectivity index (χ1) is 11.8. The monoisotopic (exact) mass is 413 g/mol. The Morgan fingerprint density at radius 2 is 1.88 bits per heavy atom. The predicted molar refractivity (Wildman–Crippen MR) is 101 cm³/mol. The number of rotatable bonds is 4. The van der Waals surface area contributed by atoms with Gasteiger partial charge in [-0.15, -0.1) is 0 Å². The van der Waals surface area contributed by atoms with Crippen molar-refractivity contribution >= 4 is 22.0 Å². The highest BCUT2D eigenvalue weighted by atomic mass is 79.9. The van der Waals surface area contributed by atoms with E-state index in [0.717, 1.165) is 48.1 Å². The highest BCUT2D eigenvalue weighted by molar-refractivity contribution is 9.10. The van der Waals surface area contributed by atoms with Crippen LogP contribution >= 0.6 is 15.9 Å². The first-order valence-corrected chi connectivity index (χ1v) is 9.56. The van der Waals surface area contributed by atoms with Crippen molar-refractivity contribution in [1.29, 1.82) is 0 Å². The van der Waals surface area contributed by atoms with Crippen molar-refractivity contribution in [2.75, 3.05) is 7.11 Å². The van der Waals surface area contributed by atoms with Gasteiger partial charge in [0.2, 0.25) is 0 Å². The van der Waals surface area contributed by atoms with Crippen LogP contribution in [0, 0.1) is 0 Å². The SMILES string of the molecule is COc1cccc(OC2CCCCC(NC(=O)OC(C)(C)C)C2)c1Br. The Labute approximate surface area is 158 Å². The molecule has 0 heterocycles. The van der Waals surface area contributed by atoms with Crippen molar-refractivity contribution in [2.24, 2.45) is 0 Å². The molecule has 1 saturated carbocycles. The fourth-order valence-corrected chi connectivity index (χ4v) is 3.47. The van der Waals surface area contributed by atoms with Crippen LogP contribution < -0.4 is 14.8 Å². The number of amides is 1. The topological polar surface area (TPSA) is 56.8 Å². The third-order valence-electron chi connectivity index (χ3n) is 4.04. The molecular formula is C19H28BrNO4. The fraction of sp³-hybridized carbons (Fsp3) is 0.632. The Bertz CT molecular complexity index is 585. The lowest BCUT2D eigenvalue weighted by Crippen LogP contribution is -2.40. The highest BCUT2D eigenvalue weighted by Gasteiger charge is 2.25. The van der Waals surface area contributed by atoms with E-state index in [-0.39, 0.29) is 18.2 Å². The average molecular weight is 414 g/mol. The van der Waals surface area contributed by atoms with Crippen LogP contribution in [0.15, 0.2) is 22.7 Å². The number of benzene rings is 1. The molecule has 0 spiro atoms. The van der Waals surface area contributed by atoms with Crippen molar-refractivity contribution in [3.63, 3.8) is 0 Å². The Balaban J connectivity index is 1.98. The second kappa shape index (κ2) is 8.79. The highest BCUT2D eigenvalue weighted by Crippen LogP contribution is 2.35. The van der Waals surface area contributed by atoms with Crippen molar-refractivity contribution in [3.05, 3.63) is 22.7 Å². The van der Waals surface area contributed by atoms with Crippen molar-refractivity contribution < 1.29 is 19.0 Å². The summed E-state index contributed by atoms with van der Waals surface area (Å²) >= 11 is 3.54. The lowest BCUT2D eigenvalue weighted by atomic mass is 10.1. The van der Waals surface area contributed by atoms with Gasteiger partial charge in [0.15, 0.2) is 0 Å². The number of hydrogen-bond donors (Lipinski definition) is 1. The molecule has 5 nitrogen and oxygen atoms in total. The van der Waals surface area contributed by atoms with Gasteiger partial charge in [-0.1, -0.05) is 12.5 Å². The van der Waals surface area contributed by atoms with Gasteiger partial charge in [-0.2, -0.15) is 0 Å². The van der Waals surface area contributed by atoms with Gasteiger partial charge in [0.1, 0.15) is 27.7 Å². The molecule has 1 aliphatic rings. The number of ether oxygens (including phenoxy) is 3. The first-order valence-electron chi connectivity index (χ1n) is 8.77. The molecule has 0 aromatic heterocycles. The van der Waals surface area contributed by atoms with Crippen LogP contribution in [-0.4, -0.2) is 30.9 Å². The van der Waals surface area contributed by atoms with E-state index < -0.39 is 5.60 Å². The molecule has 1 amide bonds. The quantitative estimate of drug-likeness (QED) is 0.700. The molecule has 2 unspecified atom stereocenters. The van der Waals surface area contributed by atoms with Crippen LogP contribution in [0.25, 0.3) is 0 Å². The van der Waals surface area contributed by atoms with E-state index in [1.54, 1.807) is 7.11 Å². The molecule has 25 heavy (non-hydrogen) atoms. The summed E-state index contributed by atoms with van der Waals surface area (Å²) < 4.78 is 17.7. The van der Waals surface area contributed by atoms with E-state index in [1.807, 2.05) is 39.0 Å². The predicted octanol–water partition coefficient (Wildman–Crippen LogP) is 5.06. The molecule has 1 N–H and O–H groups in total. The molecule has 6 heteroatoms. The number of halogens is 1. The molecule has 1 fully saturated rings. The average Bonchev–Trinajstić information content (AvgIpc) is 2.72. The van der Waals surface area contributed by atoms with E-state index in [4.69, 9.17) is 14.2 Å². The summed E-state index contributed by atoms with van der Waals surface area (Å²) in [5.74, 6) is 1.51. The van der Waals surface area contributed by atoms with Crippen molar-refractivity contribution in [3.8, 4) is 11.5 Å². The Morgan fingerprint density at radius 3 is 2.56 bits per heavy atom. The number of hydrogen-bond acceptors (Lipinski definition) is 4. The van der Waals surface area contributed by atoms with Gasteiger partial charge in [-0.3, -0.25) is 0 Å². The summed E-state index contributed by atoms with van der Waals surface area (Å²) in [6.45, 7) is 5.60. The lowest BCUT2D eigenvalue weighted by molar-refractivity contribution is 0.0488. The summed E-state index contributed by atoms with van der Waals surface area (Å²) in [5.41, 5.74) is -0.490. The van der Waals surface area contributed by atoms with Crippen molar-refractivity contribution in [2.45, 2.75) is 70.6 Å². The Hall–Kier alpha value is -1.43. The van der Waals surface area contributed by atoms with Gasteiger partial charge in [0.25, 0.3) is 0 Å². The van der Waals surface area contributed by atoms with Gasteiger partial charge in [-0.25, -0.2) is 4.79 Å². The zero-order chi connectivity index (χ0) is 18.4. The summed E-state index contributed by atoms with van der Waals surface area (Å²) in [4.78, 5) is 12.0. The molecule has 2 rings (SSSR count). The zero-order valence-corrected chi connectivity index (χ0v) is 17.0. The van der Waals surface area contributed by atoms with Crippen LogP contribution in [0.5, 0.6) is 11.5 Å². The smallest absolute Gasteiger partial charge is 0.407 e. The zero-order valence-electron chi connectivity index (χ0n) is 15.4. The summed E-state index contributed by atoms with van der Waals surface area (Å²) in [7, 11) is 1.64. The maximum Gasteiger partial charge on any atom is 0.407 e. The van der Waals surface area contributed by atoms with Crippen LogP contribution in [0.1, 0.15) is 52.9 Å². The number of alkyl carbamates (subject to hydrolysis) is 1. The molecule has 0 radical (unpaired) electrons. The standard InChI is InChI=1S/C19H28BrNO4/c1-19(2,3)25-18(22)21-13-8-5-6-9-14(12-13)24-16-11-7-10-15(23-4)17(16)20/h7,10-11,13-14H,5-6,8-9,12H2,1-4H3,(H,21,22). The van der Waals surface area contributed by atoms with Crippen LogP contribution in [0.3, 0.4) is 0 Å². The van der Waals surface area contributed by atoms with Crippen molar-refractivity contribution in [1.82, 2.24) is 5.32 Å². The van der Waals surface area contributed by atoms with Crippen LogP contribution in [0.4, 0.5) is 4.79 Å². The van der Waals surface area contributed by atoms with E-state index in [1.165, 1.54) is 0 Å². The minimum absolute atomic E-state index is 0.0471. The normalized spacial score (nSPS) is 21.2. The summed E-state index contributed by atoms with van der Waals surface area (Å²) in [6.07, 6.45) is 4.52. The van der Waals surface area contributed by atoms with Gasteiger partial charge >= 0.3 is 6.09 Å². The lowest BCUT2D eigenvalue weighted by Gasteiger charge is -2.25. The van der Waals surface area contributed by atoms with Crippen LogP contribution in [-0.2, 0) is 4.74 Å². The number of methoxy groups -OCH3 is 1. The molecule has 1 aromatic rings. The molecular weight excluding hydrogens is 386 g/mol. The molecule has 140 valence electrons. The Morgan fingerprint density at radius 1 is 1.20 bits per heavy atom. The minimum atomic E-state index is -0.490. The molecule has 0 saturated heterocycles. The fourth-order valence-electron chi connectivity index (χ4n) is 2.95. The largest absolute Gasteiger partial charge is 0.495 e. The number of carbonyl (C=O) groups excluding carboxylic acids is 1.